The Morgan fingerprint density at radius 2 is 1.59 bits per heavy atom. The van der Waals surface area contributed by atoms with Gasteiger partial charge in [-0.2, -0.15) is 0 Å². The van der Waals surface area contributed by atoms with Crippen molar-refractivity contribution in [2.24, 2.45) is 0 Å². The van der Waals surface area contributed by atoms with Crippen molar-refractivity contribution in [2.75, 3.05) is 23.8 Å². The molecule has 0 aliphatic carbocycles. The van der Waals surface area contributed by atoms with Crippen molar-refractivity contribution in [1.82, 2.24) is 0 Å². The minimum atomic E-state index is -0.635. The molecule has 0 aromatic heterocycles. The van der Waals surface area contributed by atoms with Crippen LogP contribution in [0.2, 0.25) is 5.02 Å². The van der Waals surface area contributed by atoms with Crippen LogP contribution in [0.15, 0.2) is 42.5 Å². The van der Waals surface area contributed by atoms with Gasteiger partial charge in [0.05, 0.1) is 13.0 Å². The van der Waals surface area contributed by atoms with E-state index in [0.29, 0.717) is 28.8 Å². The van der Waals surface area contributed by atoms with E-state index in [2.05, 4.69) is 10.6 Å². The molecule has 2 aromatic carbocycles. The third kappa shape index (κ3) is 7.83. The molecule has 0 heterocycles. The maximum atomic E-state index is 11.9. The summed E-state index contributed by atoms with van der Waals surface area (Å²) in [6.07, 6.45) is -0.187. The van der Waals surface area contributed by atoms with E-state index in [0.717, 1.165) is 5.56 Å². The topological polar surface area (TPSA) is 93.7 Å². The molecule has 2 amide bonds. The van der Waals surface area contributed by atoms with E-state index in [9.17, 15) is 14.4 Å². The first-order valence-electron chi connectivity index (χ1n) is 9.11. The summed E-state index contributed by atoms with van der Waals surface area (Å²) >= 11 is 5.99. The number of benzene rings is 2. The molecule has 0 aliphatic heterocycles. The van der Waals surface area contributed by atoms with Crippen LogP contribution in [-0.4, -0.2) is 31.0 Å². The van der Waals surface area contributed by atoms with E-state index >= 15 is 0 Å². The molecule has 0 bridgehead atoms. The van der Waals surface area contributed by atoms with Gasteiger partial charge in [-0.15, -0.1) is 0 Å². The smallest absolute Gasteiger partial charge is 0.306 e. The SMILES string of the molecule is CCOc1ccc(NC(=O)CCC(=O)OCC(=O)Nc2ccc(C)c(Cl)c2)cc1. The predicted molar refractivity (Wildman–Crippen MR) is 111 cm³/mol. The fourth-order valence-corrected chi connectivity index (χ4v) is 2.51. The Morgan fingerprint density at radius 3 is 2.24 bits per heavy atom. The van der Waals surface area contributed by atoms with Crippen LogP contribution >= 0.6 is 11.6 Å². The van der Waals surface area contributed by atoms with Crippen LogP contribution in [0, 0.1) is 6.92 Å². The zero-order chi connectivity index (χ0) is 21.2. The van der Waals surface area contributed by atoms with Crippen molar-refractivity contribution in [3.63, 3.8) is 0 Å². The molecule has 2 rings (SSSR count). The Labute approximate surface area is 174 Å². The second-order valence-electron chi connectivity index (χ2n) is 6.18. The molecule has 0 atom stereocenters. The maximum Gasteiger partial charge on any atom is 0.306 e. The third-order valence-corrected chi connectivity index (χ3v) is 4.23. The first kappa shape index (κ1) is 22.2. The lowest BCUT2D eigenvalue weighted by Crippen LogP contribution is -2.21. The van der Waals surface area contributed by atoms with E-state index in [1.54, 1.807) is 42.5 Å². The molecule has 8 heteroatoms. The highest BCUT2D eigenvalue weighted by molar-refractivity contribution is 6.31. The fourth-order valence-electron chi connectivity index (χ4n) is 2.33. The van der Waals surface area contributed by atoms with Crippen molar-refractivity contribution < 1.29 is 23.9 Å². The van der Waals surface area contributed by atoms with Gasteiger partial charge in [0.15, 0.2) is 6.61 Å². The van der Waals surface area contributed by atoms with E-state index in [1.807, 2.05) is 13.8 Å². The van der Waals surface area contributed by atoms with Gasteiger partial charge in [-0.05, 0) is 55.8 Å². The molecular formula is C21H23ClN2O5. The number of esters is 1. The van der Waals surface area contributed by atoms with E-state index in [1.165, 1.54) is 0 Å². The Kier molecular flexibility index (Phi) is 8.48. The highest BCUT2D eigenvalue weighted by Crippen LogP contribution is 2.20. The first-order chi connectivity index (χ1) is 13.9. The quantitative estimate of drug-likeness (QED) is 0.601. The average Bonchev–Trinajstić information content (AvgIpc) is 2.69. The molecule has 0 unspecified atom stereocenters. The lowest BCUT2D eigenvalue weighted by atomic mass is 10.2. The highest BCUT2D eigenvalue weighted by atomic mass is 35.5. The van der Waals surface area contributed by atoms with Crippen LogP contribution in [0.5, 0.6) is 5.75 Å². The fraction of sp³-hybridized carbons (Fsp3) is 0.286. The van der Waals surface area contributed by atoms with Gasteiger partial charge in [-0.25, -0.2) is 0 Å². The molecule has 0 saturated heterocycles. The predicted octanol–water partition coefficient (Wildman–Crippen LogP) is 3.95. The van der Waals surface area contributed by atoms with Crippen LogP contribution < -0.4 is 15.4 Å². The maximum absolute atomic E-state index is 11.9. The number of anilines is 2. The number of aryl methyl sites for hydroxylation is 1. The van der Waals surface area contributed by atoms with Gasteiger partial charge in [0.25, 0.3) is 5.91 Å². The lowest BCUT2D eigenvalue weighted by molar-refractivity contribution is -0.147. The average molecular weight is 419 g/mol. The summed E-state index contributed by atoms with van der Waals surface area (Å²) in [7, 11) is 0. The first-order valence-corrected chi connectivity index (χ1v) is 9.49. The number of hydrogen-bond donors (Lipinski definition) is 2. The molecule has 154 valence electrons. The zero-order valence-electron chi connectivity index (χ0n) is 16.3. The Morgan fingerprint density at radius 1 is 0.931 bits per heavy atom. The van der Waals surface area contributed by atoms with Gasteiger partial charge >= 0.3 is 5.97 Å². The number of carbonyl (C=O) groups excluding carboxylic acids is 3. The zero-order valence-corrected chi connectivity index (χ0v) is 17.0. The van der Waals surface area contributed by atoms with Gasteiger partial charge < -0.3 is 20.1 Å². The van der Waals surface area contributed by atoms with Crippen LogP contribution in [0.4, 0.5) is 11.4 Å². The summed E-state index contributed by atoms with van der Waals surface area (Å²) in [5.41, 5.74) is 2.00. The minimum absolute atomic E-state index is 0.0543. The number of ether oxygens (including phenoxy) is 2. The number of carbonyl (C=O) groups is 3. The monoisotopic (exact) mass is 418 g/mol. The van der Waals surface area contributed by atoms with Crippen molar-refractivity contribution in [2.45, 2.75) is 26.7 Å². The summed E-state index contributed by atoms with van der Waals surface area (Å²) in [5.74, 6) is -0.744. The van der Waals surface area contributed by atoms with Crippen LogP contribution in [0.3, 0.4) is 0 Å². The second kappa shape index (κ2) is 11.1. The summed E-state index contributed by atoms with van der Waals surface area (Å²) in [6, 6.07) is 12.0. The molecule has 2 aromatic rings. The molecule has 7 nitrogen and oxygen atoms in total. The molecule has 29 heavy (non-hydrogen) atoms. The van der Waals surface area contributed by atoms with Gasteiger partial charge in [0.1, 0.15) is 5.75 Å². The van der Waals surface area contributed by atoms with Crippen molar-refractivity contribution in [3.05, 3.63) is 53.1 Å². The molecule has 0 radical (unpaired) electrons. The molecule has 0 spiro atoms. The Hall–Kier alpha value is -3.06. The normalized spacial score (nSPS) is 10.2. The largest absolute Gasteiger partial charge is 0.494 e. The molecule has 2 N–H and O–H groups in total. The van der Waals surface area contributed by atoms with E-state index in [-0.39, 0.29) is 18.7 Å². The highest BCUT2D eigenvalue weighted by Gasteiger charge is 2.11. The number of rotatable bonds is 9. The molecule has 0 saturated carbocycles. The van der Waals surface area contributed by atoms with Gasteiger partial charge in [-0.1, -0.05) is 17.7 Å². The van der Waals surface area contributed by atoms with Gasteiger partial charge in [-0.3, -0.25) is 14.4 Å². The number of halogens is 1. The second-order valence-corrected chi connectivity index (χ2v) is 6.59. The Balaban J connectivity index is 1.68. The van der Waals surface area contributed by atoms with E-state index < -0.39 is 18.5 Å². The van der Waals surface area contributed by atoms with Crippen LogP contribution in [0.25, 0.3) is 0 Å². The van der Waals surface area contributed by atoms with Gasteiger partial charge in [0.2, 0.25) is 5.91 Å². The van der Waals surface area contributed by atoms with Crippen LogP contribution in [0.1, 0.15) is 25.3 Å². The number of amides is 2. The van der Waals surface area contributed by atoms with Crippen molar-refractivity contribution in [1.29, 1.82) is 0 Å². The molecule has 0 aliphatic rings. The lowest BCUT2D eigenvalue weighted by Gasteiger charge is -2.08. The van der Waals surface area contributed by atoms with Crippen molar-refractivity contribution >= 4 is 40.8 Å². The summed E-state index contributed by atoms with van der Waals surface area (Å²) in [6.45, 7) is 3.85. The van der Waals surface area contributed by atoms with Crippen LogP contribution in [-0.2, 0) is 19.1 Å². The standard InChI is InChI=1S/C21H23ClN2O5/c1-3-28-17-8-6-15(7-9-17)23-19(25)10-11-21(27)29-13-20(26)24-16-5-4-14(2)18(22)12-16/h4-9,12H,3,10-11,13H2,1-2H3,(H,23,25)(H,24,26). The van der Waals surface area contributed by atoms with Crippen molar-refractivity contribution in [3.8, 4) is 5.75 Å². The number of hydrogen-bond acceptors (Lipinski definition) is 5. The minimum Gasteiger partial charge on any atom is -0.494 e. The molecule has 0 fully saturated rings. The molecular weight excluding hydrogens is 396 g/mol. The number of nitrogens with one attached hydrogen (secondary N) is 2. The van der Waals surface area contributed by atoms with Gasteiger partial charge in [0, 0.05) is 22.8 Å². The van der Waals surface area contributed by atoms with E-state index in [4.69, 9.17) is 21.1 Å². The Bertz CT molecular complexity index is 868. The summed E-state index contributed by atoms with van der Waals surface area (Å²) < 4.78 is 10.2. The summed E-state index contributed by atoms with van der Waals surface area (Å²) in [4.78, 5) is 35.5. The third-order valence-electron chi connectivity index (χ3n) is 3.83. The summed E-state index contributed by atoms with van der Waals surface area (Å²) in [5, 5.41) is 5.79.